The number of hydrogen-bond donors (Lipinski definition) is 2. The van der Waals surface area contributed by atoms with Crippen molar-refractivity contribution < 1.29 is 13.9 Å². The van der Waals surface area contributed by atoms with Crippen LogP contribution in [0.2, 0.25) is 5.15 Å². The van der Waals surface area contributed by atoms with E-state index in [1.54, 1.807) is 25.1 Å². The number of amides is 1. The number of aromatic nitrogens is 1. The lowest BCUT2D eigenvalue weighted by Crippen LogP contribution is -2.32. The lowest BCUT2D eigenvalue weighted by atomic mass is 10.1. The predicted octanol–water partition coefficient (Wildman–Crippen LogP) is 3.92. The fraction of sp³-hybridized carbons (Fsp3) is 0.222. The summed E-state index contributed by atoms with van der Waals surface area (Å²) in [5.41, 5.74) is 1.18. The Morgan fingerprint density at radius 1 is 1.39 bits per heavy atom. The number of cyclic esters (lactones) is 1. The zero-order valence-corrected chi connectivity index (χ0v) is 17.1. The Morgan fingerprint density at radius 2 is 2.18 bits per heavy atom. The van der Waals surface area contributed by atoms with Gasteiger partial charge in [0.05, 0.1) is 35.6 Å². The molecular formula is C18H16ClFN4O2S2. The van der Waals surface area contributed by atoms with E-state index in [1.807, 2.05) is 0 Å². The number of carbonyl (C=O) groups is 1. The van der Waals surface area contributed by atoms with E-state index in [1.165, 1.54) is 23.2 Å². The van der Waals surface area contributed by atoms with Crippen molar-refractivity contribution in [3.63, 3.8) is 0 Å². The van der Waals surface area contributed by atoms with Crippen LogP contribution in [-0.4, -0.2) is 40.2 Å². The van der Waals surface area contributed by atoms with Crippen LogP contribution < -0.4 is 15.5 Å². The minimum atomic E-state index is -0.555. The van der Waals surface area contributed by atoms with Crippen LogP contribution >= 0.6 is 36.0 Å². The molecule has 1 aliphatic rings. The summed E-state index contributed by atoms with van der Waals surface area (Å²) in [4.78, 5) is 18.2. The molecule has 1 atom stereocenters. The highest BCUT2D eigenvalue weighted by Gasteiger charge is 2.32. The van der Waals surface area contributed by atoms with Crippen LogP contribution in [0.15, 0.2) is 36.5 Å². The van der Waals surface area contributed by atoms with Crippen LogP contribution in [-0.2, 0) is 4.74 Å². The second-order valence-corrected chi connectivity index (χ2v) is 7.45. The van der Waals surface area contributed by atoms with E-state index in [0.29, 0.717) is 34.6 Å². The minimum Gasteiger partial charge on any atom is -0.442 e. The molecule has 2 N–H and O–H groups in total. The first-order valence-corrected chi connectivity index (χ1v) is 9.48. The quantitative estimate of drug-likeness (QED) is 0.541. The Hall–Kier alpha value is -2.36. The molecule has 6 nitrogen and oxygen atoms in total. The molecule has 1 aromatic heterocycles. The van der Waals surface area contributed by atoms with Gasteiger partial charge in [-0.1, -0.05) is 36.0 Å². The van der Waals surface area contributed by atoms with Gasteiger partial charge in [-0.25, -0.2) is 14.2 Å². The number of hydrogen-bond acceptors (Lipinski definition) is 5. The van der Waals surface area contributed by atoms with Crippen molar-refractivity contribution in [1.29, 1.82) is 0 Å². The highest BCUT2D eigenvalue weighted by molar-refractivity contribution is 7.81. The topological polar surface area (TPSA) is 66.5 Å². The van der Waals surface area contributed by atoms with Crippen molar-refractivity contribution in [1.82, 2.24) is 10.3 Å². The molecule has 2 aromatic rings. The molecule has 0 radical (unpaired) electrons. The van der Waals surface area contributed by atoms with Crippen molar-refractivity contribution in [3.8, 4) is 0 Å². The van der Waals surface area contributed by atoms with Gasteiger partial charge in [-0.05, 0) is 37.3 Å². The monoisotopic (exact) mass is 438 g/mol. The molecule has 1 amide bonds. The number of benzene rings is 1. The maximum absolute atomic E-state index is 14.6. The molecule has 1 aliphatic heterocycles. The Morgan fingerprint density at radius 3 is 2.82 bits per heavy atom. The van der Waals surface area contributed by atoms with Gasteiger partial charge in [-0.15, -0.1) is 0 Å². The van der Waals surface area contributed by atoms with E-state index in [4.69, 9.17) is 40.8 Å². The molecule has 0 saturated carbocycles. The number of anilines is 2. The van der Waals surface area contributed by atoms with Crippen LogP contribution in [0, 0.1) is 5.82 Å². The van der Waals surface area contributed by atoms with Gasteiger partial charge in [-0.2, -0.15) is 0 Å². The smallest absolute Gasteiger partial charge is 0.414 e. The normalized spacial score (nSPS) is 15.9. The van der Waals surface area contributed by atoms with Crippen LogP contribution in [0.1, 0.15) is 12.5 Å². The predicted molar refractivity (Wildman–Crippen MR) is 115 cm³/mol. The summed E-state index contributed by atoms with van der Waals surface area (Å²) >= 11 is 16.0. The Bertz CT molecular complexity index is 926. The van der Waals surface area contributed by atoms with E-state index in [9.17, 15) is 9.18 Å². The van der Waals surface area contributed by atoms with E-state index in [2.05, 4.69) is 15.6 Å². The van der Waals surface area contributed by atoms with Crippen molar-refractivity contribution in [2.75, 3.05) is 23.3 Å². The average Bonchev–Trinajstić information content (AvgIpc) is 3.02. The third-order valence-corrected chi connectivity index (χ3v) is 4.64. The Labute approximate surface area is 177 Å². The van der Waals surface area contributed by atoms with Crippen LogP contribution in [0.5, 0.6) is 0 Å². The first kappa shape index (κ1) is 20.4. The van der Waals surface area contributed by atoms with Crippen LogP contribution in [0.4, 0.5) is 20.6 Å². The van der Waals surface area contributed by atoms with Crippen molar-refractivity contribution in [2.24, 2.45) is 0 Å². The molecule has 146 valence electrons. The highest BCUT2D eigenvalue weighted by Crippen LogP contribution is 2.24. The van der Waals surface area contributed by atoms with E-state index in [0.717, 1.165) is 0 Å². The number of ether oxygens (including phenoxy) is 1. The van der Waals surface area contributed by atoms with Crippen molar-refractivity contribution in [3.05, 3.63) is 53.1 Å². The number of nitrogens with one attached hydrogen (secondary N) is 2. The molecule has 0 spiro atoms. The highest BCUT2D eigenvalue weighted by atomic mass is 35.5. The lowest BCUT2D eigenvalue weighted by molar-refractivity contribution is 0.143. The van der Waals surface area contributed by atoms with Gasteiger partial charge in [0.2, 0.25) is 0 Å². The molecule has 2 heterocycles. The van der Waals surface area contributed by atoms with Gasteiger partial charge >= 0.3 is 6.09 Å². The van der Waals surface area contributed by atoms with Gasteiger partial charge in [0.15, 0.2) is 0 Å². The molecule has 1 aromatic carbocycles. The van der Waals surface area contributed by atoms with Crippen LogP contribution in [0.3, 0.4) is 0 Å². The minimum absolute atomic E-state index is 0.190. The first-order chi connectivity index (χ1) is 13.3. The Kier molecular flexibility index (Phi) is 6.38. The molecule has 10 heteroatoms. The number of halogens is 2. The standard InChI is InChI=1S/C18H16ClFN4O2S2/c1-10(27)21-8-13-9-24(18(25)26-13)12-3-4-14(15(20)6-12)17(28)23-11-2-5-16(19)22-7-11/h2-7,13H,8-9H2,1H3,(H,21,27)(H,23,28)/t13-/m0/s1. The molecular weight excluding hydrogens is 423 g/mol. The van der Waals surface area contributed by atoms with E-state index < -0.39 is 11.9 Å². The molecule has 1 saturated heterocycles. The second kappa shape index (κ2) is 8.76. The maximum Gasteiger partial charge on any atom is 0.414 e. The van der Waals surface area contributed by atoms with E-state index >= 15 is 0 Å². The van der Waals surface area contributed by atoms with Crippen molar-refractivity contribution in [2.45, 2.75) is 13.0 Å². The maximum atomic E-state index is 14.6. The van der Waals surface area contributed by atoms with Crippen LogP contribution in [0.25, 0.3) is 0 Å². The van der Waals surface area contributed by atoms with Gasteiger partial charge in [0.1, 0.15) is 22.1 Å². The average molecular weight is 439 g/mol. The van der Waals surface area contributed by atoms with Crippen molar-refractivity contribution >= 4 is 63.5 Å². The fourth-order valence-corrected chi connectivity index (χ4v) is 3.08. The number of thiocarbonyl (C=S) groups is 2. The summed E-state index contributed by atoms with van der Waals surface area (Å²) in [6.07, 6.45) is 0.597. The fourth-order valence-electron chi connectivity index (χ4n) is 2.60. The molecule has 28 heavy (non-hydrogen) atoms. The summed E-state index contributed by atoms with van der Waals surface area (Å²) in [6, 6.07) is 7.67. The number of carbonyl (C=O) groups excluding carboxylic acids is 1. The molecule has 0 unspecified atom stereocenters. The zero-order valence-electron chi connectivity index (χ0n) is 14.7. The number of pyridine rings is 1. The summed E-state index contributed by atoms with van der Waals surface area (Å²) < 4.78 is 19.9. The van der Waals surface area contributed by atoms with Gasteiger partial charge in [-0.3, -0.25) is 4.90 Å². The summed E-state index contributed by atoms with van der Waals surface area (Å²) in [7, 11) is 0. The molecule has 0 bridgehead atoms. The lowest BCUT2D eigenvalue weighted by Gasteiger charge is -2.15. The molecule has 1 fully saturated rings. The third kappa shape index (κ3) is 4.92. The largest absolute Gasteiger partial charge is 0.442 e. The summed E-state index contributed by atoms with van der Waals surface area (Å²) in [5, 5.41) is 6.21. The Balaban J connectivity index is 1.69. The third-order valence-electron chi connectivity index (χ3n) is 3.95. The first-order valence-electron chi connectivity index (χ1n) is 8.28. The SMILES string of the molecule is CC(=S)NC[C@H]1CN(c2ccc(C(=S)Nc3ccc(Cl)nc3)c(F)c2)C(=O)O1. The van der Waals surface area contributed by atoms with Gasteiger partial charge in [0.25, 0.3) is 0 Å². The molecule has 0 aliphatic carbocycles. The zero-order chi connectivity index (χ0) is 20.3. The number of rotatable bonds is 5. The van der Waals surface area contributed by atoms with Gasteiger partial charge < -0.3 is 15.4 Å². The summed E-state index contributed by atoms with van der Waals surface area (Å²) in [5.74, 6) is -0.555. The number of nitrogens with zero attached hydrogens (tertiary/aromatic N) is 2. The second-order valence-electron chi connectivity index (χ2n) is 6.04. The molecule has 3 rings (SSSR count). The summed E-state index contributed by atoms with van der Waals surface area (Å²) in [6.45, 7) is 2.45. The van der Waals surface area contributed by atoms with E-state index in [-0.39, 0.29) is 16.7 Å². The van der Waals surface area contributed by atoms with Gasteiger partial charge in [0, 0.05) is 5.56 Å².